The minimum absolute atomic E-state index is 0.238. The van der Waals surface area contributed by atoms with Gasteiger partial charge in [0.1, 0.15) is 11.6 Å². The normalized spacial score (nSPS) is 18.5. The molecule has 0 aliphatic carbocycles. The van der Waals surface area contributed by atoms with Crippen LogP contribution in [0.2, 0.25) is 0 Å². The lowest BCUT2D eigenvalue weighted by Crippen LogP contribution is -2.44. The van der Waals surface area contributed by atoms with Crippen molar-refractivity contribution in [3.05, 3.63) is 66.1 Å². The van der Waals surface area contributed by atoms with Gasteiger partial charge in [-0.2, -0.15) is 0 Å². The highest BCUT2D eigenvalue weighted by Gasteiger charge is 2.34. The third-order valence-corrected chi connectivity index (χ3v) is 6.57. The highest BCUT2D eigenvalue weighted by Crippen LogP contribution is 2.32. The Labute approximate surface area is 192 Å². The van der Waals surface area contributed by atoms with Gasteiger partial charge in [0.05, 0.1) is 13.2 Å². The Morgan fingerprint density at radius 1 is 1.03 bits per heavy atom. The van der Waals surface area contributed by atoms with Crippen molar-refractivity contribution in [1.29, 1.82) is 0 Å². The number of benzene rings is 2. The van der Waals surface area contributed by atoms with E-state index >= 15 is 0 Å². The molecule has 2 saturated heterocycles. The van der Waals surface area contributed by atoms with Crippen LogP contribution in [0.25, 0.3) is 22.3 Å². The average Bonchev–Trinajstić information content (AvgIpc) is 3.11. The molecule has 2 aromatic carbocycles. The first-order valence-electron chi connectivity index (χ1n) is 11.3. The van der Waals surface area contributed by atoms with Crippen LogP contribution in [0.15, 0.2) is 54.7 Å². The zero-order valence-electron chi connectivity index (χ0n) is 18.3. The number of pyridine rings is 1. The lowest BCUT2D eigenvalue weighted by molar-refractivity contribution is -0.132. The second kappa shape index (κ2) is 8.83. The minimum atomic E-state index is -0.430. The van der Waals surface area contributed by atoms with Gasteiger partial charge in [-0.15, -0.1) is 0 Å². The maximum Gasteiger partial charge on any atom is 0.222 e. The van der Waals surface area contributed by atoms with E-state index in [-0.39, 0.29) is 17.8 Å². The lowest BCUT2D eigenvalue weighted by Gasteiger charge is -2.33. The zero-order valence-corrected chi connectivity index (χ0v) is 18.3. The van der Waals surface area contributed by atoms with Crippen LogP contribution in [0, 0.1) is 11.7 Å². The number of hydrogen-bond donors (Lipinski definition) is 2. The molecular weight excluding hydrogens is 419 g/mol. The standard InChI is InChI=1S/C26H27FN4O2/c27-24-11-20(28)5-7-22(24)23-10-19(12-30-26(23)29)18-3-1-16(2-4-18)9-21-6-8-25(32)31(21)13-17-14-33-15-17/h1-5,7,10-12,17,21H,6,8-9,13-15,28H2,(H2,29,30)/t21-/m0/s1. The molecule has 3 aromatic rings. The van der Waals surface area contributed by atoms with Crippen molar-refractivity contribution in [1.82, 2.24) is 9.88 Å². The number of carbonyl (C=O) groups excluding carboxylic acids is 1. The molecule has 0 unspecified atom stereocenters. The number of ether oxygens (including phenoxy) is 1. The van der Waals surface area contributed by atoms with Gasteiger partial charge in [-0.25, -0.2) is 9.37 Å². The van der Waals surface area contributed by atoms with Gasteiger partial charge in [0.15, 0.2) is 0 Å². The van der Waals surface area contributed by atoms with Gasteiger partial charge in [-0.1, -0.05) is 24.3 Å². The molecule has 0 spiro atoms. The Balaban J connectivity index is 1.34. The molecule has 0 radical (unpaired) electrons. The van der Waals surface area contributed by atoms with Gasteiger partial charge in [0.25, 0.3) is 0 Å². The molecule has 33 heavy (non-hydrogen) atoms. The van der Waals surface area contributed by atoms with Crippen molar-refractivity contribution in [2.75, 3.05) is 31.2 Å². The van der Waals surface area contributed by atoms with Gasteiger partial charge in [0.2, 0.25) is 5.91 Å². The number of anilines is 2. The molecule has 170 valence electrons. The SMILES string of the molecule is Nc1ccc(-c2cc(-c3ccc(C[C@@H]4CCC(=O)N4CC4COC4)cc3)cnc2N)c(F)c1. The van der Waals surface area contributed by atoms with Crippen molar-refractivity contribution >= 4 is 17.4 Å². The number of nitrogens with zero attached hydrogens (tertiary/aromatic N) is 2. The molecule has 7 heteroatoms. The minimum Gasteiger partial charge on any atom is -0.399 e. The van der Waals surface area contributed by atoms with Crippen molar-refractivity contribution in [2.24, 2.45) is 5.92 Å². The molecule has 0 saturated carbocycles. The molecule has 2 fully saturated rings. The van der Waals surface area contributed by atoms with Crippen LogP contribution in [0.5, 0.6) is 0 Å². The van der Waals surface area contributed by atoms with E-state index in [0.717, 1.165) is 43.7 Å². The molecule has 1 amide bonds. The smallest absolute Gasteiger partial charge is 0.222 e. The topological polar surface area (TPSA) is 94.5 Å². The predicted octanol–water partition coefficient (Wildman–Crippen LogP) is 3.90. The number of likely N-dealkylation sites (tertiary alicyclic amines) is 1. The molecule has 4 N–H and O–H groups in total. The molecule has 2 aliphatic rings. The van der Waals surface area contributed by atoms with Crippen LogP contribution >= 0.6 is 0 Å². The number of amides is 1. The summed E-state index contributed by atoms with van der Waals surface area (Å²) in [6.07, 6.45) is 4.05. The Morgan fingerprint density at radius 2 is 1.82 bits per heavy atom. The number of aromatic nitrogens is 1. The molecule has 5 rings (SSSR count). The fraction of sp³-hybridized carbons (Fsp3) is 0.308. The van der Waals surface area contributed by atoms with Crippen LogP contribution in [-0.2, 0) is 16.0 Å². The third-order valence-electron chi connectivity index (χ3n) is 6.57. The molecule has 1 aromatic heterocycles. The summed E-state index contributed by atoms with van der Waals surface area (Å²) in [7, 11) is 0. The average molecular weight is 447 g/mol. The van der Waals surface area contributed by atoms with Crippen LogP contribution in [-0.4, -0.2) is 41.6 Å². The maximum atomic E-state index is 14.5. The molecule has 0 bridgehead atoms. The Bertz CT molecular complexity index is 1180. The van der Waals surface area contributed by atoms with Gasteiger partial charge < -0.3 is 21.1 Å². The Kier molecular flexibility index (Phi) is 5.72. The first kappa shape index (κ1) is 21.4. The lowest BCUT2D eigenvalue weighted by atomic mass is 9.97. The van der Waals surface area contributed by atoms with Crippen LogP contribution in [0.4, 0.5) is 15.9 Å². The highest BCUT2D eigenvalue weighted by atomic mass is 19.1. The van der Waals surface area contributed by atoms with Crippen molar-refractivity contribution in [3.63, 3.8) is 0 Å². The van der Waals surface area contributed by atoms with Gasteiger partial charge >= 0.3 is 0 Å². The summed E-state index contributed by atoms with van der Waals surface area (Å²) in [6, 6.07) is 14.9. The summed E-state index contributed by atoms with van der Waals surface area (Å²) in [5.41, 5.74) is 16.0. The molecule has 1 atom stereocenters. The van der Waals surface area contributed by atoms with Crippen LogP contribution < -0.4 is 11.5 Å². The second-order valence-electron chi connectivity index (χ2n) is 8.94. The van der Waals surface area contributed by atoms with E-state index in [4.69, 9.17) is 16.2 Å². The first-order valence-corrected chi connectivity index (χ1v) is 11.3. The van der Waals surface area contributed by atoms with Crippen molar-refractivity contribution in [3.8, 4) is 22.3 Å². The summed E-state index contributed by atoms with van der Waals surface area (Å²) >= 11 is 0. The fourth-order valence-corrected chi connectivity index (χ4v) is 4.63. The second-order valence-corrected chi connectivity index (χ2v) is 8.94. The van der Waals surface area contributed by atoms with E-state index in [2.05, 4.69) is 17.1 Å². The van der Waals surface area contributed by atoms with E-state index in [1.165, 1.54) is 11.6 Å². The predicted molar refractivity (Wildman–Crippen MR) is 127 cm³/mol. The van der Waals surface area contributed by atoms with Crippen molar-refractivity contribution < 1.29 is 13.9 Å². The molecule has 6 nitrogen and oxygen atoms in total. The van der Waals surface area contributed by atoms with Gasteiger partial charge in [-0.05, 0) is 48.2 Å². The summed E-state index contributed by atoms with van der Waals surface area (Å²) in [6.45, 7) is 2.30. The van der Waals surface area contributed by atoms with E-state index in [9.17, 15) is 9.18 Å². The number of nitrogen functional groups attached to an aromatic ring is 2. The maximum absolute atomic E-state index is 14.5. The number of carbonyl (C=O) groups is 1. The Morgan fingerprint density at radius 3 is 2.52 bits per heavy atom. The Hall–Kier alpha value is -3.45. The van der Waals surface area contributed by atoms with Gasteiger partial charge in [0, 0.05) is 53.5 Å². The largest absolute Gasteiger partial charge is 0.399 e. The monoisotopic (exact) mass is 446 g/mol. The fourth-order valence-electron chi connectivity index (χ4n) is 4.63. The third kappa shape index (κ3) is 4.41. The number of halogens is 1. The van der Waals surface area contributed by atoms with E-state index in [1.807, 2.05) is 23.1 Å². The number of hydrogen-bond acceptors (Lipinski definition) is 5. The number of rotatable bonds is 6. The summed E-state index contributed by atoms with van der Waals surface area (Å²) in [5, 5.41) is 0. The zero-order chi connectivity index (χ0) is 22.9. The number of nitrogens with two attached hydrogens (primary N) is 2. The summed E-state index contributed by atoms with van der Waals surface area (Å²) in [4.78, 5) is 18.7. The highest BCUT2D eigenvalue weighted by molar-refractivity contribution is 5.80. The van der Waals surface area contributed by atoms with E-state index < -0.39 is 5.82 Å². The molecule has 3 heterocycles. The van der Waals surface area contributed by atoms with Gasteiger partial charge in [-0.3, -0.25) is 4.79 Å². The van der Waals surface area contributed by atoms with E-state index in [0.29, 0.717) is 29.2 Å². The molecule has 2 aliphatic heterocycles. The summed E-state index contributed by atoms with van der Waals surface area (Å²) in [5.74, 6) is 0.552. The molecular formula is C26H27FN4O2. The van der Waals surface area contributed by atoms with Crippen LogP contribution in [0.1, 0.15) is 18.4 Å². The van der Waals surface area contributed by atoms with Crippen molar-refractivity contribution in [2.45, 2.75) is 25.3 Å². The van der Waals surface area contributed by atoms with Crippen LogP contribution in [0.3, 0.4) is 0 Å². The first-order chi connectivity index (χ1) is 16.0. The van der Waals surface area contributed by atoms with E-state index in [1.54, 1.807) is 18.3 Å². The quantitative estimate of drug-likeness (QED) is 0.560. The summed E-state index contributed by atoms with van der Waals surface area (Å²) < 4.78 is 19.7.